The van der Waals surface area contributed by atoms with Crippen LogP contribution < -0.4 is 20.7 Å². The largest absolute Gasteiger partial charge is 0.482 e. The van der Waals surface area contributed by atoms with Crippen LogP contribution in [0.15, 0.2) is 42.5 Å². The summed E-state index contributed by atoms with van der Waals surface area (Å²) >= 11 is 0. The van der Waals surface area contributed by atoms with Gasteiger partial charge in [-0.1, -0.05) is 24.3 Å². The summed E-state index contributed by atoms with van der Waals surface area (Å²) in [7, 11) is 4.04. The van der Waals surface area contributed by atoms with E-state index < -0.39 is 0 Å². The van der Waals surface area contributed by atoms with Crippen molar-refractivity contribution in [1.82, 2.24) is 10.2 Å². The molecule has 1 aliphatic heterocycles. The molecule has 0 spiro atoms. The Bertz CT molecular complexity index is 820. The fraction of sp³-hybridized carbons (Fsp3) is 0.263. The number of fused-ring (bicyclic) bond motifs is 1. The maximum atomic E-state index is 12.1. The van der Waals surface area contributed by atoms with E-state index in [0.29, 0.717) is 23.7 Å². The fourth-order valence-corrected chi connectivity index (χ4v) is 2.71. The maximum absolute atomic E-state index is 12.1. The highest BCUT2D eigenvalue weighted by molar-refractivity contribution is 5.96. The van der Waals surface area contributed by atoms with Crippen LogP contribution in [-0.2, 0) is 17.9 Å². The molecule has 2 aromatic rings. The highest BCUT2D eigenvalue weighted by Crippen LogP contribution is 2.30. The number of ether oxygens (including phenoxy) is 1. The lowest BCUT2D eigenvalue weighted by Gasteiger charge is -2.18. The van der Waals surface area contributed by atoms with Gasteiger partial charge in [-0.25, -0.2) is 4.79 Å². The number of nitrogens with zero attached hydrogens (tertiary/aromatic N) is 1. The predicted octanol–water partition coefficient (Wildman–Crippen LogP) is 2.40. The Morgan fingerprint density at radius 1 is 1.19 bits per heavy atom. The summed E-state index contributed by atoms with van der Waals surface area (Å²) in [4.78, 5) is 25.5. The summed E-state index contributed by atoms with van der Waals surface area (Å²) < 4.78 is 5.34. The number of carbonyl (C=O) groups is 2. The number of rotatable bonds is 5. The minimum absolute atomic E-state index is 0.0219. The molecule has 7 heteroatoms. The van der Waals surface area contributed by atoms with E-state index in [4.69, 9.17) is 4.74 Å². The van der Waals surface area contributed by atoms with Crippen LogP contribution in [-0.4, -0.2) is 37.5 Å². The van der Waals surface area contributed by atoms with Crippen molar-refractivity contribution in [1.29, 1.82) is 0 Å². The third-order valence-corrected chi connectivity index (χ3v) is 3.82. The molecule has 0 unspecified atom stereocenters. The quantitative estimate of drug-likeness (QED) is 0.770. The second-order valence-electron chi connectivity index (χ2n) is 6.41. The number of hydrogen-bond acceptors (Lipinski definition) is 4. The number of nitrogens with one attached hydrogen (secondary N) is 3. The van der Waals surface area contributed by atoms with Gasteiger partial charge in [-0.2, -0.15) is 0 Å². The summed E-state index contributed by atoms with van der Waals surface area (Å²) in [5.74, 6) is 0.353. The van der Waals surface area contributed by atoms with E-state index in [-0.39, 0.29) is 18.5 Å². The van der Waals surface area contributed by atoms with Crippen molar-refractivity contribution in [3.63, 3.8) is 0 Å². The normalized spacial score (nSPS) is 12.8. The summed E-state index contributed by atoms with van der Waals surface area (Å²) in [6, 6.07) is 12.9. The molecule has 1 heterocycles. The van der Waals surface area contributed by atoms with Crippen molar-refractivity contribution in [2.75, 3.05) is 31.3 Å². The zero-order chi connectivity index (χ0) is 18.5. The van der Waals surface area contributed by atoms with Crippen molar-refractivity contribution in [2.24, 2.45) is 0 Å². The van der Waals surface area contributed by atoms with Crippen molar-refractivity contribution in [3.05, 3.63) is 53.6 Å². The minimum atomic E-state index is -0.303. The van der Waals surface area contributed by atoms with Crippen molar-refractivity contribution in [2.45, 2.75) is 13.1 Å². The van der Waals surface area contributed by atoms with E-state index in [0.717, 1.165) is 12.1 Å². The third-order valence-electron chi connectivity index (χ3n) is 3.82. The number of benzene rings is 2. The molecule has 0 aromatic heterocycles. The van der Waals surface area contributed by atoms with E-state index in [1.807, 2.05) is 26.2 Å². The summed E-state index contributed by atoms with van der Waals surface area (Å²) in [6.45, 7) is 1.27. The molecule has 3 rings (SSSR count). The minimum Gasteiger partial charge on any atom is -0.482 e. The number of amides is 3. The van der Waals surface area contributed by atoms with Crippen LogP contribution in [0, 0.1) is 0 Å². The first-order chi connectivity index (χ1) is 12.5. The molecule has 3 N–H and O–H groups in total. The highest BCUT2D eigenvalue weighted by Gasteiger charge is 2.16. The average Bonchev–Trinajstić information content (AvgIpc) is 2.60. The van der Waals surface area contributed by atoms with E-state index in [1.165, 1.54) is 5.56 Å². The third kappa shape index (κ3) is 4.73. The van der Waals surface area contributed by atoms with Gasteiger partial charge in [0.05, 0.1) is 5.69 Å². The first-order valence-corrected chi connectivity index (χ1v) is 8.34. The Morgan fingerprint density at radius 3 is 2.81 bits per heavy atom. The molecule has 0 saturated heterocycles. The Morgan fingerprint density at radius 2 is 2.00 bits per heavy atom. The zero-order valence-electron chi connectivity index (χ0n) is 14.8. The van der Waals surface area contributed by atoms with Crippen LogP contribution in [0.3, 0.4) is 0 Å². The molecule has 1 aliphatic rings. The second-order valence-corrected chi connectivity index (χ2v) is 6.41. The highest BCUT2D eigenvalue weighted by atomic mass is 16.5. The van der Waals surface area contributed by atoms with Gasteiger partial charge >= 0.3 is 6.03 Å². The molecule has 0 fully saturated rings. The van der Waals surface area contributed by atoms with E-state index in [9.17, 15) is 9.59 Å². The standard InChI is InChI=1S/C19H22N4O3/c1-23(2)11-14-5-3-4-13(8-14)10-20-19(25)21-15-6-7-16-17(9-15)26-12-18(24)22-16/h3-9H,10-12H2,1-2H3,(H,22,24)(H2,20,21,25). The molecule has 0 aliphatic carbocycles. The van der Waals surface area contributed by atoms with Crippen molar-refractivity contribution < 1.29 is 14.3 Å². The Balaban J connectivity index is 1.55. The number of urea groups is 1. The van der Waals surface area contributed by atoms with Gasteiger partial charge in [-0.3, -0.25) is 4.79 Å². The Labute approximate surface area is 152 Å². The van der Waals surface area contributed by atoms with Crippen LogP contribution >= 0.6 is 0 Å². The molecule has 26 heavy (non-hydrogen) atoms. The van der Waals surface area contributed by atoms with Gasteiger partial charge in [-0.05, 0) is 37.4 Å². The summed E-state index contributed by atoms with van der Waals surface area (Å²) in [5, 5.41) is 8.32. The van der Waals surface area contributed by atoms with Crippen LogP contribution in [0.1, 0.15) is 11.1 Å². The SMILES string of the molecule is CN(C)Cc1cccc(CNC(=O)Nc2ccc3c(c2)OCC(=O)N3)c1. The van der Waals surface area contributed by atoms with Gasteiger partial charge in [0.1, 0.15) is 5.75 Å². The van der Waals surface area contributed by atoms with Crippen molar-refractivity contribution in [3.8, 4) is 5.75 Å². The lowest BCUT2D eigenvalue weighted by atomic mass is 10.1. The molecule has 136 valence electrons. The molecule has 0 radical (unpaired) electrons. The topological polar surface area (TPSA) is 82.7 Å². The number of anilines is 2. The van der Waals surface area contributed by atoms with Gasteiger partial charge < -0.3 is 25.6 Å². The van der Waals surface area contributed by atoms with E-state index in [1.54, 1.807) is 18.2 Å². The molecule has 0 saturated carbocycles. The maximum Gasteiger partial charge on any atom is 0.319 e. The Kier molecular flexibility index (Phi) is 5.38. The molecular weight excluding hydrogens is 332 g/mol. The molecular formula is C19H22N4O3. The smallest absolute Gasteiger partial charge is 0.319 e. The van der Waals surface area contributed by atoms with Gasteiger partial charge in [0.15, 0.2) is 6.61 Å². The molecule has 2 aromatic carbocycles. The zero-order valence-corrected chi connectivity index (χ0v) is 14.8. The number of hydrogen-bond donors (Lipinski definition) is 3. The van der Waals surface area contributed by atoms with Crippen LogP contribution in [0.2, 0.25) is 0 Å². The van der Waals surface area contributed by atoms with Crippen LogP contribution in [0.4, 0.5) is 16.2 Å². The molecule has 7 nitrogen and oxygen atoms in total. The monoisotopic (exact) mass is 354 g/mol. The van der Waals surface area contributed by atoms with Gasteiger partial charge in [0, 0.05) is 24.8 Å². The summed E-state index contributed by atoms with van der Waals surface area (Å²) in [6.07, 6.45) is 0. The second kappa shape index (κ2) is 7.88. The average molecular weight is 354 g/mol. The van der Waals surface area contributed by atoms with Gasteiger partial charge in [-0.15, -0.1) is 0 Å². The van der Waals surface area contributed by atoms with Crippen molar-refractivity contribution >= 4 is 23.3 Å². The van der Waals surface area contributed by atoms with Gasteiger partial charge in [0.2, 0.25) is 0 Å². The van der Waals surface area contributed by atoms with Crippen LogP contribution in [0.25, 0.3) is 0 Å². The van der Waals surface area contributed by atoms with E-state index >= 15 is 0 Å². The molecule has 3 amide bonds. The van der Waals surface area contributed by atoms with E-state index in [2.05, 4.69) is 33.0 Å². The first kappa shape index (κ1) is 17.8. The van der Waals surface area contributed by atoms with Gasteiger partial charge in [0.25, 0.3) is 5.91 Å². The Hall–Kier alpha value is -3.06. The lowest BCUT2D eigenvalue weighted by molar-refractivity contribution is -0.118. The molecule has 0 atom stereocenters. The summed E-state index contributed by atoms with van der Waals surface area (Å²) in [5.41, 5.74) is 3.43. The predicted molar refractivity (Wildman–Crippen MR) is 100 cm³/mol. The number of carbonyl (C=O) groups excluding carboxylic acids is 2. The fourth-order valence-electron chi connectivity index (χ4n) is 2.71. The van der Waals surface area contributed by atoms with Crippen LogP contribution in [0.5, 0.6) is 5.75 Å². The first-order valence-electron chi connectivity index (χ1n) is 8.34. The lowest BCUT2D eigenvalue weighted by Crippen LogP contribution is -2.28. The molecule has 0 bridgehead atoms.